The van der Waals surface area contributed by atoms with Gasteiger partial charge in [-0.25, -0.2) is 10.2 Å². The number of amides is 2. The largest absolute Gasteiger partial charge is 0.493 e. The standard InChI is InChI=1S/C22H20N4O5/c1-30-20-9-5-6-17(14-23-25-22(27)24-18-7-3-2-4-8-18)21(20)31-15-16-10-12-19(13-11-16)26(28)29/h2-14H,15H2,1H3,(H2,24,25,27)/b23-14+. The zero-order valence-electron chi connectivity index (χ0n) is 16.6. The van der Waals surface area contributed by atoms with Crippen LogP contribution >= 0.6 is 0 Å². The predicted molar refractivity (Wildman–Crippen MR) is 117 cm³/mol. The number of hydrogen-bond donors (Lipinski definition) is 2. The lowest BCUT2D eigenvalue weighted by molar-refractivity contribution is -0.384. The molecule has 0 radical (unpaired) electrons. The smallest absolute Gasteiger partial charge is 0.339 e. The van der Waals surface area contributed by atoms with Gasteiger partial charge in [0.1, 0.15) is 6.61 Å². The van der Waals surface area contributed by atoms with Gasteiger partial charge in [0, 0.05) is 23.4 Å². The molecule has 0 atom stereocenters. The second-order valence-corrected chi connectivity index (χ2v) is 6.28. The fourth-order valence-electron chi connectivity index (χ4n) is 2.66. The quantitative estimate of drug-likeness (QED) is 0.320. The molecule has 0 bridgehead atoms. The number of urea groups is 1. The van der Waals surface area contributed by atoms with Crippen molar-refractivity contribution in [3.63, 3.8) is 0 Å². The van der Waals surface area contributed by atoms with E-state index in [9.17, 15) is 14.9 Å². The van der Waals surface area contributed by atoms with Gasteiger partial charge in [0.15, 0.2) is 11.5 Å². The molecule has 2 amide bonds. The van der Waals surface area contributed by atoms with Crippen molar-refractivity contribution in [3.05, 3.63) is 94.0 Å². The third-order valence-electron chi connectivity index (χ3n) is 4.16. The Bertz CT molecular complexity index is 1070. The van der Waals surface area contributed by atoms with Crippen molar-refractivity contribution < 1.29 is 19.2 Å². The average Bonchev–Trinajstić information content (AvgIpc) is 2.79. The Balaban J connectivity index is 1.67. The second-order valence-electron chi connectivity index (χ2n) is 6.28. The zero-order chi connectivity index (χ0) is 22.1. The molecule has 0 spiro atoms. The first kappa shape index (κ1) is 21.3. The summed E-state index contributed by atoms with van der Waals surface area (Å²) in [4.78, 5) is 22.3. The van der Waals surface area contributed by atoms with Crippen molar-refractivity contribution in [1.82, 2.24) is 5.43 Å². The molecule has 9 heteroatoms. The molecule has 158 valence electrons. The Hall–Kier alpha value is -4.40. The zero-order valence-corrected chi connectivity index (χ0v) is 16.6. The van der Waals surface area contributed by atoms with Crippen LogP contribution in [0.2, 0.25) is 0 Å². The molecule has 0 unspecified atom stereocenters. The second kappa shape index (κ2) is 10.4. The maximum Gasteiger partial charge on any atom is 0.339 e. The number of carbonyl (C=O) groups excluding carboxylic acids is 1. The Morgan fingerprint density at radius 2 is 1.81 bits per heavy atom. The summed E-state index contributed by atoms with van der Waals surface area (Å²) < 4.78 is 11.2. The molecule has 0 saturated carbocycles. The van der Waals surface area contributed by atoms with E-state index in [0.29, 0.717) is 22.7 Å². The number of nitrogens with zero attached hydrogens (tertiary/aromatic N) is 2. The highest BCUT2D eigenvalue weighted by atomic mass is 16.6. The molecule has 0 saturated heterocycles. The van der Waals surface area contributed by atoms with Gasteiger partial charge in [-0.1, -0.05) is 24.3 Å². The van der Waals surface area contributed by atoms with Crippen molar-refractivity contribution in [2.24, 2.45) is 5.10 Å². The van der Waals surface area contributed by atoms with Gasteiger partial charge >= 0.3 is 6.03 Å². The SMILES string of the molecule is COc1cccc(/C=N/NC(=O)Nc2ccccc2)c1OCc1ccc([N+](=O)[O-])cc1. The molecule has 0 aliphatic carbocycles. The maximum atomic E-state index is 12.0. The van der Waals surface area contributed by atoms with Crippen LogP contribution in [0.15, 0.2) is 77.9 Å². The number of para-hydroxylation sites is 2. The van der Waals surface area contributed by atoms with Crippen LogP contribution in [-0.2, 0) is 6.61 Å². The summed E-state index contributed by atoms with van der Waals surface area (Å²) in [6.07, 6.45) is 1.44. The van der Waals surface area contributed by atoms with Crippen molar-refractivity contribution in [2.45, 2.75) is 6.61 Å². The number of nitro benzene ring substituents is 1. The van der Waals surface area contributed by atoms with Gasteiger partial charge in [-0.15, -0.1) is 0 Å². The molecular weight excluding hydrogens is 400 g/mol. The average molecular weight is 420 g/mol. The van der Waals surface area contributed by atoms with Crippen molar-refractivity contribution in [1.29, 1.82) is 0 Å². The number of methoxy groups -OCH3 is 1. The van der Waals surface area contributed by atoms with Gasteiger partial charge in [-0.3, -0.25) is 10.1 Å². The summed E-state index contributed by atoms with van der Waals surface area (Å²) in [6, 6.07) is 19.8. The van der Waals surface area contributed by atoms with E-state index in [1.807, 2.05) is 18.2 Å². The summed E-state index contributed by atoms with van der Waals surface area (Å²) in [6.45, 7) is 0.168. The third-order valence-corrected chi connectivity index (χ3v) is 4.16. The molecule has 2 N–H and O–H groups in total. The van der Waals surface area contributed by atoms with Crippen LogP contribution in [0.5, 0.6) is 11.5 Å². The number of hydrogen-bond acceptors (Lipinski definition) is 6. The minimum Gasteiger partial charge on any atom is -0.493 e. The molecule has 0 fully saturated rings. The third kappa shape index (κ3) is 6.04. The van der Waals surface area contributed by atoms with E-state index >= 15 is 0 Å². The summed E-state index contributed by atoms with van der Waals surface area (Å²) >= 11 is 0. The lowest BCUT2D eigenvalue weighted by atomic mass is 10.2. The van der Waals surface area contributed by atoms with E-state index in [4.69, 9.17) is 9.47 Å². The number of benzene rings is 3. The minimum absolute atomic E-state index is 0.00807. The Morgan fingerprint density at radius 1 is 1.06 bits per heavy atom. The molecule has 3 aromatic carbocycles. The molecule has 31 heavy (non-hydrogen) atoms. The molecule has 0 heterocycles. The molecule has 0 aliphatic heterocycles. The van der Waals surface area contributed by atoms with Gasteiger partial charge in [-0.2, -0.15) is 5.10 Å². The van der Waals surface area contributed by atoms with Gasteiger partial charge in [0.05, 0.1) is 18.2 Å². The van der Waals surface area contributed by atoms with E-state index in [-0.39, 0.29) is 12.3 Å². The van der Waals surface area contributed by atoms with Crippen LogP contribution in [-0.4, -0.2) is 24.3 Å². The van der Waals surface area contributed by atoms with Gasteiger partial charge in [-0.05, 0) is 42.0 Å². The van der Waals surface area contributed by atoms with Crippen LogP contribution in [0.1, 0.15) is 11.1 Å². The first-order valence-electron chi connectivity index (χ1n) is 9.25. The van der Waals surface area contributed by atoms with Crippen LogP contribution in [0.25, 0.3) is 0 Å². The summed E-state index contributed by atoms with van der Waals surface area (Å²) in [5.41, 5.74) is 4.38. The number of rotatable bonds is 8. The van der Waals surface area contributed by atoms with Crippen molar-refractivity contribution in [2.75, 3.05) is 12.4 Å². The first-order chi connectivity index (χ1) is 15.1. The van der Waals surface area contributed by atoms with E-state index in [1.54, 1.807) is 42.5 Å². The van der Waals surface area contributed by atoms with E-state index in [2.05, 4.69) is 15.8 Å². The topological polar surface area (TPSA) is 115 Å². The van der Waals surface area contributed by atoms with E-state index in [0.717, 1.165) is 5.56 Å². The highest BCUT2D eigenvalue weighted by molar-refractivity contribution is 5.91. The fourth-order valence-corrected chi connectivity index (χ4v) is 2.66. The van der Waals surface area contributed by atoms with Crippen LogP contribution in [0, 0.1) is 10.1 Å². The molecular formula is C22H20N4O5. The minimum atomic E-state index is -0.487. The Morgan fingerprint density at radius 3 is 2.48 bits per heavy atom. The summed E-state index contributed by atoms with van der Waals surface area (Å²) in [5, 5.41) is 17.4. The molecule has 0 aliphatic rings. The summed E-state index contributed by atoms with van der Waals surface area (Å²) in [5.74, 6) is 0.914. The molecule has 3 rings (SSSR count). The Kier molecular flexibility index (Phi) is 7.15. The van der Waals surface area contributed by atoms with Gasteiger partial charge < -0.3 is 14.8 Å². The number of carbonyl (C=O) groups is 1. The number of nitro groups is 1. The lowest BCUT2D eigenvalue weighted by Gasteiger charge is -2.13. The monoisotopic (exact) mass is 420 g/mol. The van der Waals surface area contributed by atoms with E-state index in [1.165, 1.54) is 25.5 Å². The van der Waals surface area contributed by atoms with Crippen molar-refractivity contribution in [3.8, 4) is 11.5 Å². The normalized spacial score (nSPS) is 10.5. The van der Waals surface area contributed by atoms with Gasteiger partial charge in [0.2, 0.25) is 0 Å². The van der Waals surface area contributed by atoms with Crippen LogP contribution in [0.4, 0.5) is 16.2 Å². The molecule has 9 nitrogen and oxygen atoms in total. The van der Waals surface area contributed by atoms with Crippen LogP contribution in [0.3, 0.4) is 0 Å². The summed E-state index contributed by atoms with van der Waals surface area (Å²) in [7, 11) is 1.51. The molecule has 0 aromatic heterocycles. The number of ether oxygens (including phenoxy) is 2. The number of hydrazone groups is 1. The first-order valence-corrected chi connectivity index (χ1v) is 9.25. The predicted octanol–water partition coefficient (Wildman–Crippen LogP) is 4.34. The highest BCUT2D eigenvalue weighted by Crippen LogP contribution is 2.31. The van der Waals surface area contributed by atoms with Crippen LogP contribution < -0.4 is 20.2 Å². The number of nitrogens with one attached hydrogen (secondary N) is 2. The van der Waals surface area contributed by atoms with Gasteiger partial charge in [0.25, 0.3) is 5.69 Å². The number of anilines is 1. The number of non-ortho nitro benzene ring substituents is 1. The lowest BCUT2D eigenvalue weighted by Crippen LogP contribution is -2.24. The Labute approximate surface area is 178 Å². The fraction of sp³-hybridized carbons (Fsp3) is 0.0909. The molecule has 3 aromatic rings. The van der Waals surface area contributed by atoms with Crippen molar-refractivity contribution >= 4 is 23.6 Å². The highest BCUT2D eigenvalue weighted by Gasteiger charge is 2.11. The maximum absolute atomic E-state index is 12.0. The van der Waals surface area contributed by atoms with E-state index < -0.39 is 11.0 Å².